The monoisotopic (exact) mass is 255 g/mol. The molecule has 3 N–H and O–H groups in total. The van der Waals surface area contributed by atoms with Gasteiger partial charge in [0.25, 0.3) is 5.91 Å². The number of rotatable bonds is 4. The number of nitrogens with two attached hydrogens (primary N) is 1. The summed E-state index contributed by atoms with van der Waals surface area (Å²) >= 11 is 0. The number of nitrogens with zero attached hydrogens (tertiary/aromatic N) is 1. The largest absolute Gasteiger partial charge is 0.344 e. The number of carbonyl (C=O) groups is 3. The molecule has 1 aliphatic heterocycles. The van der Waals surface area contributed by atoms with E-state index in [1.165, 1.54) is 7.05 Å². The molecule has 0 radical (unpaired) electrons. The van der Waals surface area contributed by atoms with Gasteiger partial charge in [0.15, 0.2) is 0 Å². The molecule has 1 fully saturated rings. The molecule has 1 heterocycles. The standard InChI is InChI=1S/C12H21N3O3/c1-4-12(2,7-13)11(18)14-8-5-6-9(16)15(3)10(8)17/h8H,4-7,13H2,1-3H3,(H,14,18). The first-order valence-electron chi connectivity index (χ1n) is 6.17. The summed E-state index contributed by atoms with van der Waals surface area (Å²) in [5.41, 5.74) is 4.93. The van der Waals surface area contributed by atoms with Crippen LogP contribution in [0.3, 0.4) is 0 Å². The highest BCUT2D eigenvalue weighted by Gasteiger charge is 2.37. The first-order valence-corrected chi connectivity index (χ1v) is 6.17. The molecule has 0 saturated carbocycles. The van der Waals surface area contributed by atoms with Gasteiger partial charge in [0, 0.05) is 20.0 Å². The Kier molecular flexibility index (Phi) is 4.45. The van der Waals surface area contributed by atoms with Crippen LogP contribution >= 0.6 is 0 Å². The van der Waals surface area contributed by atoms with Gasteiger partial charge < -0.3 is 11.1 Å². The molecule has 102 valence electrons. The van der Waals surface area contributed by atoms with Crippen LogP contribution in [-0.4, -0.2) is 42.3 Å². The van der Waals surface area contributed by atoms with E-state index in [4.69, 9.17) is 5.73 Å². The lowest BCUT2D eigenvalue weighted by atomic mass is 9.86. The second-order valence-corrected chi connectivity index (χ2v) is 4.97. The van der Waals surface area contributed by atoms with E-state index >= 15 is 0 Å². The van der Waals surface area contributed by atoms with Crippen LogP contribution in [0.5, 0.6) is 0 Å². The summed E-state index contributed by atoms with van der Waals surface area (Å²) in [5.74, 6) is -0.786. The molecule has 0 aromatic rings. The van der Waals surface area contributed by atoms with Gasteiger partial charge in [-0.25, -0.2) is 0 Å². The van der Waals surface area contributed by atoms with Crippen molar-refractivity contribution < 1.29 is 14.4 Å². The summed E-state index contributed by atoms with van der Waals surface area (Å²) in [6.07, 6.45) is 1.24. The van der Waals surface area contributed by atoms with E-state index in [2.05, 4.69) is 5.32 Å². The lowest BCUT2D eigenvalue weighted by molar-refractivity contribution is -0.150. The Bertz CT molecular complexity index is 364. The minimum Gasteiger partial charge on any atom is -0.344 e. The first-order chi connectivity index (χ1) is 8.35. The molecule has 6 nitrogen and oxygen atoms in total. The molecular formula is C12H21N3O3. The summed E-state index contributed by atoms with van der Waals surface area (Å²) in [6, 6.07) is -0.613. The van der Waals surface area contributed by atoms with Crippen LogP contribution in [0.1, 0.15) is 33.1 Å². The first kappa shape index (κ1) is 14.6. The third kappa shape index (κ3) is 2.69. The SMILES string of the molecule is CCC(C)(CN)C(=O)NC1CCC(=O)N(C)C1=O. The third-order valence-electron chi connectivity index (χ3n) is 3.73. The van der Waals surface area contributed by atoms with Crippen molar-refractivity contribution in [3.8, 4) is 0 Å². The van der Waals surface area contributed by atoms with Crippen LogP contribution in [0.15, 0.2) is 0 Å². The van der Waals surface area contributed by atoms with Crippen molar-refractivity contribution >= 4 is 17.7 Å². The van der Waals surface area contributed by atoms with Crippen molar-refractivity contribution in [3.63, 3.8) is 0 Å². The predicted octanol–water partition coefficient (Wildman–Crippen LogP) is -0.375. The van der Waals surface area contributed by atoms with Crippen LogP contribution in [-0.2, 0) is 14.4 Å². The highest BCUT2D eigenvalue weighted by atomic mass is 16.2. The van der Waals surface area contributed by atoms with Gasteiger partial charge in [-0.3, -0.25) is 19.3 Å². The van der Waals surface area contributed by atoms with Crippen molar-refractivity contribution in [2.45, 2.75) is 39.2 Å². The Morgan fingerprint density at radius 1 is 1.56 bits per heavy atom. The number of hydrogen-bond acceptors (Lipinski definition) is 4. The van der Waals surface area contributed by atoms with E-state index < -0.39 is 11.5 Å². The molecule has 18 heavy (non-hydrogen) atoms. The van der Waals surface area contributed by atoms with E-state index in [-0.39, 0.29) is 30.7 Å². The summed E-state index contributed by atoms with van der Waals surface area (Å²) in [4.78, 5) is 36.3. The van der Waals surface area contributed by atoms with E-state index in [9.17, 15) is 14.4 Å². The van der Waals surface area contributed by atoms with Gasteiger partial charge >= 0.3 is 0 Å². The number of amides is 3. The van der Waals surface area contributed by atoms with Gasteiger partial charge in [-0.2, -0.15) is 0 Å². The number of likely N-dealkylation sites (tertiary alicyclic amines) is 1. The third-order valence-corrected chi connectivity index (χ3v) is 3.73. The fourth-order valence-corrected chi connectivity index (χ4v) is 1.78. The maximum absolute atomic E-state index is 12.1. The minimum absolute atomic E-state index is 0.206. The second-order valence-electron chi connectivity index (χ2n) is 4.97. The van der Waals surface area contributed by atoms with Crippen molar-refractivity contribution in [2.75, 3.05) is 13.6 Å². The van der Waals surface area contributed by atoms with E-state index in [0.29, 0.717) is 12.8 Å². The van der Waals surface area contributed by atoms with Gasteiger partial charge in [-0.1, -0.05) is 6.92 Å². The molecule has 0 aromatic carbocycles. The van der Waals surface area contributed by atoms with Crippen LogP contribution in [0.2, 0.25) is 0 Å². The van der Waals surface area contributed by atoms with Gasteiger partial charge in [0.2, 0.25) is 11.8 Å². The van der Waals surface area contributed by atoms with Crippen molar-refractivity contribution in [1.29, 1.82) is 0 Å². The highest BCUT2D eigenvalue weighted by Crippen LogP contribution is 2.21. The Labute approximate surface area is 107 Å². The molecule has 1 rings (SSSR count). The molecule has 2 atom stereocenters. The Hall–Kier alpha value is -1.43. The van der Waals surface area contributed by atoms with Gasteiger partial charge in [-0.15, -0.1) is 0 Å². The fourth-order valence-electron chi connectivity index (χ4n) is 1.78. The molecule has 0 aliphatic carbocycles. The highest BCUT2D eigenvalue weighted by molar-refractivity contribution is 6.01. The number of imide groups is 1. The smallest absolute Gasteiger partial charge is 0.251 e. The molecule has 0 bridgehead atoms. The molecular weight excluding hydrogens is 234 g/mol. The number of carbonyl (C=O) groups excluding carboxylic acids is 3. The van der Waals surface area contributed by atoms with Crippen LogP contribution in [0.25, 0.3) is 0 Å². The number of nitrogens with one attached hydrogen (secondary N) is 1. The predicted molar refractivity (Wildman–Crippen MR) is 66.4 cm³/mol. The number of piperidine rings is 1. The quantitative estimate of drug-likeness (QED) is 0.670. The van der Waals surface area contributed by atoms with Gasteiger partial charge in [-0.05, 0) is 19.8 Å². The molecule has 1 saturated heterocycles. The van der Waals surface area contributed by atoms with E-state index in [0.717, 1.165) is 4.90 Å². The van der Waals surface area contributed by atoms with Crippen LogP contribution in [0, 0.1) is 5.41 Å². The fraction of sp³-hybridized carbons (Fsp3) is 0.750. The van der Waals surface area contributed by atoms with Crippen molar-refractivity contribution in [2.24, 2.45) is 11.1 Å². The van der Waals surface area contributed by atoms with Gasteiger partial charge in [0.1, 0.15) is 6.04 Å². The maximum Gasteiger partial charge on any atom is 0.251 e. The average Bonchev–Trinajstić information content (AvgIpc) is 2.38. The Morgan fingerprint density at radius 2 is 2.17 bits per heavy atom. The normalized spacial score (nSPS) is 23.8. The second kappa shape index (κ2) is 5.48. The molecule has 1 aliphatic rings. The summed E-state index contributed by atoms with van der Waals surface area (Å²) < 4.78 is 0. The van der Waals surface area contributed by atoms with Crippen LogP contribution in [0.4, 0.5) is 0 Å². The summed E-state index contributed by atoms with van der Waals surface area (Å²) in [5, 5.41) is 2.70. The molecule has 3 amide bonds. The van der Waals surface area contributed by atoms with Crippen LogP contribution < -0.4 is 11.1 Å². The lowest BCUT2D eigenvalue weighted by Crippen LogP contribution is -2.56. The summed E-state index contributed by atoms with van der Waals surface area (Å²) in [6.45, 7) is 3.88. The van der Waals surface area contributed by atoms with Gasteiger partial charge in [0.05, 0.1) is 5.41 Å². The maximum atomic E-state index is 12.1. The molecule has 2 unspecified atom stereocenters. The van der Waals surface area contributed by atoms with Crippen molar-refractivity contribution in [1.82, 2.24) is 10.2 Å². The molecule has 6 heteroatoms. The Balaban J connectivity index is 2.71. The van der Waals surface area contributed by atoms with E-state index in [1.54, 1.807) is 6.92 Å². The Morgan fingerprint density at radius 3 is 2.67 bits per heavy atom. The van der Waals surface area contributed by atoms with Crippen molar-refractivity contribution in [3.05, 3.63) is 0 Å². The number of likely N-dealkylation sites (N-methyl/N-ethyl adjacent to an activating group) is 1. The zero-order valence-electron chi connectivity index (χ0n) is 11.2. The molecule has 0 spiro atoms. The summed E-state index contributed by atoms with van der Waals surface area (Å²) in [7, 11) is 1.44. The zero-order valence-corrected chi connectivity index (χ0v) is 11.2. The topological polar surface area (TPSA) is 92.5 Å². The minimum atomic E-state index is -0.666. The molecule has 0 aromatic heterocycles. The number of hydrogen-bond donors (Lipinski definition) is 2. The average molecular weight is 255 g/mol. The van der Waals surface area contributed by atoms with E-state index in [1.807, 2.05) is 6.92 Å². The lowest BCUT2D eigenvalue weighted by Gasteiger charge is -2.32. The zero-order chi connectivity index (χ0) is 13.9.